The van der Waals surface area contributed by atoms with Crippen LogP contribution in [0.3, 0.4) is 0 Å². The van der Waals surface area contributed by atoms with Gasteiger partial charge in [0.1, 0.15) is 11.3 Å². The third kappa shape index (κ3) is 4.86. The summed E-state index contributed by atoms with van der Waals surface area (Å²) in [5, 5.41) is 0.382. The molecule has 3 heterocycles. The maximum atomic E-state index is 14.3. The van der Waals surface area contributed by atoms with Crippen LogP contribution in [0.1, 0.15) is 25.7 Å². The molecule has 0 saturated carbocycles. The molecule has 12 heteroatoms. The molecule has 36 heavy (non-hydrogen) atoms. The summed E-state index contributed by atoms with van der Waals surface area (Å²) in [6, 6.07) is 7.13. The predicted octanol–water partition coefficient (Wildman–Crippen LogP) is 4.33. The number of amides is 1. The Balaban J connectivity index is 1.34. The topological polar surface area (TPSA) is 79.8 Å². The maximum absolute atomic E-state index is 14.3. The number of hydrogen-bond acceptors (Lipinski definition) is 6. The zero-order chi connectivity index (χ0) is 25.4. The summed E-state index contributed by atoms with van der Waals surface area (Å²) in [6.07, 6.45) is 2.04. The Bertz CT molecular complexity index is 1380. The Morgan fingerprint density at radius 3 is 2.53 bits per heavy atom. The number of sulfonamides is 1. The van der Waals surface area contributed by atoms with Crippen LogP contribution in [0.25, 0.3) is 10.2 Å². The van der Waals surface area contributed by atoms with Gasteiger partial charge in [0.05, 0.1) is 22.2 Å². The van der Waals surface area contributed by atoms with Crippen LogP contribution in [0.15, 0.2) is 41.3 Å². The van der Waals surface area contributed by atoms with Crippen LogP contribution in [0.2, 0.25) is 0 Å². The van der Waals surface area contributed by atoms with E-state index in [0.717, 1.165) is 25.0 Å². The maximum Gasteiger partial charge on any atom is 0.243 e. The van der Waals surface area contributed by atoms with E-state index in [2.05, 4.69) is 4.98 Å². The minimum Gasteiger partial charge on any atom is -0.376 e. The van der Waals surface area contributed by atoms with Crippen LogP contribution in [-0.4, -0.2) is 56.0 Å². The number of aromatic nitrogens is 1. The third-order valence-corrected chi connectivity index (χ3v) is 9.54. The molecule has 2 fully saturated rings. The Kier molecular flexibility index (Phi) is 7.03. The summed E-state index contributed by atoms with van der Waals surface area (Å²) in [6.45, 7) is 1.01. The first-order valence-electron chi connectivity index (χ1n) is 11.7. The number of hydrogen-bond donors (Lipinski definition) is 0. The van der Waals surface area contributed by atoms with Crippen LogP contribution in [0.4, 0.5) is 18.3 Å². The van der Waals surface area contributed by atoms with Gasteiger partial charge in [0.15, 0.2) is 16.8 Å². The van der Waals surface area contributed by atoms with Crippen molar-refractivity contribution < 1.29 is 31.1 Å². The van der Waals surface area contributed by atoms with Crippen molar-refractivity contribution in [3.05, 3.63) is 53.8 Å². The Hall–Kier alpha value is -2.54. The zero-order valence-corrected chi connectivity index (χ0v) is 20.8. The smallest absolute Gasteiger partial charge is 0.243 e. The number of anilines is 1. The van der Waals surface area contributed by atoms with E-state index < -0.39 is 33.4 Å². The van der Waals surface area contributed by atoms with Crippen LogP contribution in [0.5, 0.6) is 0 Å². The molecule has 0 radical (unpaired) electrons. The van der Waals surface area contributed by atoms with Gasteiger partial charge in [0.2, 0.25) is 15.9 Å². The number of ether oxygens (including phenoxy) is 1. The average molecular weight is 540 g/mol. The molecule has 2 aromatic carbocycles. The number of nitrogens with zero attached hydrogens (tertiary/aromatic N) is 3. The van der Waals surface area contributed by atoms with Crippen LogP contribution >= 0.6 is 11.3 Å². The number of piperidine rings is 1. The van der Waals surface area contributed by atoms with Gasteiger partial charge in [-0.15, -0.1) is 0 Å². The van der Waals surface area contributed by atoms with Gasteiger partial charge in [-0.3, -0.25) is 9.69 Å². The summed E-state index contributed by atoms with van der Waals surface area (Å²) in [7, 11) is -4.03. The predicted molar refractivity (Wildman–Crippen MR) is 129 cm³/mol. The van der Waals surface area contributed by atoms with Crippen molar-refractivity contribution in [3.8, 4) is 0 Å². The SMILES string of the molecule is O=C(C1CCN(S(=O)(=O)c2ccc(F)c(F)c2)CC1)N(CC1CCCO1)c1nc2c(F)cccc2s1. The summed E-state index contributed by atoms with van der Waals surface area (Å²) in [5.41, 5.74) is 0.204. The van der Waals surface area contributed by atoms with Crippen molar-refractivity contribution in [2.24, 2.45) is 5.92 Å². The number of halogens is 3. The molecule has 5 rings (SSSR count). The summed E-state index contributed by atoms with van der Waals surface area (Å²) >= 11 is 1.23. The lowest BCUT2D eigenvalue weighted by Crippen LogP contribution is -2.46. The van der Waals surface area contributed by atoms with Crippen molar-refractivity contribution in [1.82, 2.24) is 9.29 Å². The molecule has 1 amide bonds. The molecule has 0 N–H and O–H groups in total. The van der Waals surface area contributed by atoms with Crippen molar-refractivity contribution in [3.63, 3.8) is 0 Å². The molecular weight excluding hydrogens is 515 g/mol. The van der Waals surface area contributed by atoms with Gasteiger partial charge in [0.25, 0.3) is 0 Å². The number of benzene rings is 2. The van der Waals surface area contributed by atoms with E-state index in [1.807, 2.05) is 0 Å². The second-order valence-electron chi connectivity index (χ2n) is 8.92. The highest BCUT2D eigenvalue weighted by Gasteiger charge is 2.36. The highest BCUT2D eigenvalue weighted by molar-refractivity contribution is 7.89. The van der Waals surface area contributed by atoms with E-state index >= 15 is 0 Å². The Labute approximate surface area is 210 Å². The summed E-state index contributed by atoms with van der Waals surface area (Å²) in [4.78, 5) is 19.3. The van der Waals surface area contributed by atoms with E-state index in [1.165, 1.54) is 21.7 Å². The van der Waals surface area contributed by atoms with Crippen molar-refractivity contribution in [1.29, 1.82) is 0 Å². The highest BCUT2D eigenvalue weighted by Crippen LogP contribution is 2.34. The van der Waals surface area contributed by atoms with Crippen molar-refractivity contribution >= 4 is 42.6 Å². The second-order valence-corrected chi connectivity index (χ2v) is 11.9. The average Bonchev–Trinajstić information content (AvgIpc) is 3.54. The molecule has 0 spiro atoms. The van der Waals surface area contributed by atoms with Gasteiger partial charge in [-0.2, -0.15) is 4.31 Å². The first kappa shape index (κ1) is 25.1. The Morgan fingerprint density at radius 1 is 1.08 bits per heavy atom. The van der Waals surface area contributed by atoms with Crippen LogP contribution in [-0.2, 0) is 19.6 Å². The standard InChI is InChI=1S/C24H24F3N3O4S2/c25-18-7-6-17(13-20(18)27)36(32,33)29-10-8-15(9-11-29)23(31)30(14-16-3-2-12-34-16)24-28-22-19(26)4-1-5-21(22)35-24/h1,4-7,13,15-16H,2-3,8-12,14H2. The lowest BCUT2D eigenvalue weighted by atomic mass is 9.96. The quantitative estimate of drug-likeness (QED) is 0.466. The van der Waals surface area contributed by atoms with E-state index in [4.69, 9.17) is 4.74 Å². The fraction of sp³-hybridized carbons (Fsp3) is 0.417. The van der Waals surface area contributed by atoms with Crippen LogP contribution < -0.4 is 4.90 Å². The lowest BCUT2D eigenvalue weighted by Gasteiger charge is -2.33. The number of fused-ring (bicyclic) bond motifs is 1. The molecule has 0 bridgehead atoms. The van der Waals surface area contributed by atoms with Crippen molar-refractivity contribution in [2.75, 3.05) is 31.1 Å². The lowest BCUT2D eigenvalue weighted by molar-refractivity contribution is -0.123. The minimum atomic E-state index is -4.03. The number of para-hydroxylation sites is 1. The van der Waals surface area contributed by atoms with Gasteiger partial charge in [-0.1, -0.05) is 17.4 Å². The molecular formula is C24H24F3N3O4S2. The van der Waals surface area contributed by atoms with Gasteiger partial charge in [-0.05, 0) is 56.0 Å². The molecule has 0 aliphatic carbocycles. The molecule has 1 aromatic heterocycles. The molecule has 3 aromatic rings. The zero-order valence-electron chi connectivity index (χ0n) is 19.2. The first-order valence-corrected chi connectivity index (χ1v) is 13.9. The fourth-order valence-corrected chi connectivity index (χ4v) is 7.10. The van der Waals surface area contributed by atoms with Gasteiger partial charge < -0.3 is 4.74 Å². The van der Waals surface area contributed by atoms with E-state index in [9.17, 15) is 26.4 Å². The molecule has 1 atom stereocenters. The fourth-order valence-electron chi connectivity index (χ4n) is 4.62. The normalized spacial score (nSPS) is 19.7. The molecule has 2 aliphatic rings. The van der Waals surface area contributed by atoms with E-state index in [0.29, 0.717) is 22.5 Å². The Morgan fingerprint density at radius 2 is 1.86 bits per heavy atom. The molecule has 192 valence electrons. The number of carbonyl (C=O) groups is 1. The molecule has 1 unspecified atom stereocenters. The van der Waals surface area contributed by atoms with Gasteiger partial charge >= 0.3 is 0 Å². The minimum absolute atomic E-state index is 0.0555. The van der Waals surface area contributed by atoms with Gasteiger partial charge in [0, 0.05) is 25.6 Å². The van der Waals surface area contributed by atoms with E-state index in [-0.39, 0.29) is 54.9 Å². The van der Waals surface area contributed by atoms with E-state index in [1.54, 1.807) is 17.0 Å². The number of rotatable bonds is 6. The van der Waals surface area contributed by atoms with Crippen LogP contribution in [0, 0.1) is 23.4 Å². The summed E-state index contributed by atoms with van der Waals surface area (Å²) in [5.74, 6) is -3.51. The van der Waals surface area contributed by atoms with Crippen molar-refractivity contribution in [2.45, 2.75) is 36.7 Å². The van der Waals surface area contributed by atoms with Gasteiger partial charge in [-0.25, -0.2) is 26.6 Å². The molecule has 2 aliphatic heterocycles. The second kappa shape index (κ2) is 10.1. The number of thiazole rings is 1. The largest absolute Gasteiger partial charge is 0.376 e. The number of carbonyl (C=O) groups excluding carboxylic acids is 1. The molecule has 2 saturated heterocycles. The molecule has 7 nitrogen and oxygen atoms in total. The highest BCUT2D eigenvalue weighted by atomic mass is 32.2. The monoisotopic (exact) mass is 539 g/mol. The summed E-state index contributed by atoms with van der Waals surface area (Å²) < 4.78 is 74.5. The third-order valence-electron chi connectivity index (χ3n) is 6.60. The first-order chi connectivity index (χ1) is 17.2.